The summed E-state index contributed by atoms with van der Waals surface area (Å²) in [5.41, 5.74) is 3.19. The van der Waals surface area contributed by atoms with Crippen LogP contribution in [-0.4, -0.2) is 11.7 Å². The largest absolute Gasteiger partial charge is 0.493 e. The molecule has 21 heavy (non-hydrogen) atoms. The highest BCUT2D eigenvalue weighted by molar-refractivity contribution is 9.10. The molecule has 0 saturated heterocycles. The fourth-order valence-corrected chi connectivity index (χ4v) is 3.37. The first-order valence-corrected chi connectivity index (χ1v) is 7.90. The van der Waals surface area contributed by atoms with Crippen LogP contribution in [0, 0.1) is 0 Å². The molecule has 0 amide bonds. The molecular formula is C17H15BrO3. The van der Waals surface area contributed by atoms with E-state index in [0.29, 0.717) is 6.42 Å². The zero-order valence-corrected chi connectivity index (χ0v) is 13.0. The van der Waals surface area contributed by atoms with Crippen LogP contribution in [0.15, 0.2) is 40.9 Å². The fourth-order valence-electron chi connectivity index (χ4n) is 3.03. The van der Waals surface area contributed by atoms with Crippen molar-refractivity contribution in [3.05, 3.63) is 57.6 Å². The molecule has 2 atom stereocenters. The van der Waals surface area contributed by atoms with Gasteiger partial charge in [0.2, 0.25) is 0 Å². The van der Waals surface area contributed by atoms with Gasteiger partial charge in [-0.25, -0.2) is 0 Å². The maximum atomic E-state index is 10.4. The van der Waals surface area contributed by atoms with Crippen molar-refractivity contribution >= 4 is 15.9 Å². The molecule has 4 rings (SSSR count). The van der Waals surface area contributed by atoms with Gasteiger partial charge in [-0.1, -0.05) is 28.1 Å². The Morgan fingerprint density at radius 2 is 2.00 bits per heavy atom. The molecule has 2 aromatic rings. The lowest BCUT2D eigenvalue weighted by molar-refractivity contribution is 0.0656. The van der Waals surface area contributed by atoms with Crippen LogP contribution in [0.25, 0.3) is 0 Å². The Hall–Kier alpha value is -1.52. The lowest BCUT2D eigenvalue weighted by atomic mass is 9.94. The van der Waals surface area contributed by atoms with E-state index in [1.165, 1.54) is 5.56 Å². The molecule has 2 aromatic carbocycles. The van der Waals surface area contributed by atoms with Gasteiger partial charge in [-0.05, 0) is 35.4 Å². The summed E-state index contributed by atoms with van der Waals surface area (Å²) in [6.07, 6.45) is 0.915. The first-order chi connectivity index (χ1) is 10.2. The number of halogens is 1. The molecule has 0 aromatic heterocycles. The summed E-state index contributed by atoms with van der Waals surface area (Å²) in [5.74, 6) is 1.73. The molecule has 2 aliphatic heterocycles. The average molecular weight is 347 g/mol. The topological polar surface area (TPSA) is 38.7 Å². The monoisotopic (exact) mass is 346 g/mol. The molecule has 108 valence electrons. The Labute approximate surface area is 131 Å². The molecule has 0 radical (unpaired) electrons. The lowest BCUT2D eigenvalue weighted by Crippen LogP contribution is -2.19. The molecule has 0 saturated carbocycles. The van der Waals surface area contributed by atoms with Gasteiger partial charge in [0.05, 0.1) is 12.7 Å². The Balaban J connectivity index is 1.68. The molecule has 4 heteroatoms. The Bertz CT molecular complexity index is 698. The van der Waals surface area contributed by atoms with Crippen LogP contribution in [0.1, 0.15) is 35.3 Å². The number of hydrogen-bond acceptors (Lipinski definition) is 3. The van der Waals surface area contributed by atoms with Crippen molar-refractivity contribution in [2.75, 3.05) is 6.61 Å². The molecule has 0 bridgehead atoms. The predicted molar refractivity (Wildman–Crippen MR) is 82.7 cm³/mol. The lowest BCUT2D eigenvalue weighted by Gasteiger charge is -2.30. The third kappa shape index (κ3) is 2.32. The standard InChI is InChI=1S/C17H15BrO3/c18-12-2-3-13-14(19)9-16(21-17(13)8-12)10-1-4-15-11(7-10)5-6-20-15/h1-4,7-8,14,16,19H,5-6,9H2/t14-,16?/m1/s1. The highest BCUT2D eigenvalue weighted by Gasteiger charge is 2.29. The van der Waals surface area contributed by atoms with Crippen LogP contribution in [0.2, 0.25) is 0 Å². The van der Waals surface area contributed by atoms with Crippen LogP contribution < -0.4 is 9.47 Å². The van der Waals surface area contributed by atoms with E-state index in [2.05, 4.69) is 22.0 Å². The van der Waals surface area contributed by atoms with Crippen molar-refractivity contribution in [1.29, 1.82) is 0 Å². The summed E-state index contributed by atoms with van der Waals surface area (Å²) in [7, 11) is 0. The van der Waals surface area contributed by atoms with Gasteiger partial charge < -0.3 is 14.6 Å². The van der Waals surface area contributed by atoms with Gasteiger partial charge in [0.1, 0.15) is 17.6 Å². The summed E-state index contributed by atoms with van der Waals surface area (Å²) in [4.78, 5) is 0. The minimum absolute atomic E-state index is 0.118. The molecule has 0 fully saturated rings. The molecular weight excluding hydrogens is 332 g/mol. The minimum Gasteiger partial charge on any atom is -0.493 e. The second-order valence-electron chi connectivity index (χ2n) is 5.51. The van der Waals surface area contributed by atoms with Gasteiger partial charge in [-0.15, -0.1) is 0 Å². The zero-order chi connectivity index (χ0) is 14.4. The Morgan fingerprint density at radius 3 is 2.90 bits per heavy atom. The van der Waals surface area contributed by atoms with Crippen molar-refractivity contribution in [2.24, 2.45) is 0 Å². The first-order valence-electron chi connectivity index (χ1n) is 7.10. The maximum absolute atomic E-state index is 10.4. The summed E-state index contributed by atoms with van der Waals surface area (Å²) in [6, 6.07) is 11.9. The molecule has 2 heterocycles. The fraction of sp³-hybridized carbons (Fsp3) is 0.294. The Morgan fingerprint density at radius 1 is 1.10 bits per heavy atom. The van der Waals surface area contributed by atoms with Crippen LogP contribution in [-0.2, 0) is 6.42 Å². The van der Waals surface area contributed by atoms with E-state index in [1.807, 2.05) is 30.3 Å². The van der Waals surface area contributed by atoms with Crippen LogP contribution in [0.4, 0.5) is 0 Å². The van der Waals surface area contributed by atoms with Crippen LogP contribution >= 0.6 is 15.9 Å². The van der Waals surface area contributed by atoms with Crippen molar-refractivity contribution < 1.29 is 14.6 Å². The van der Waals surface area contributed by atoms with Crippen molar-refractivity contribution in [1.82, 2.24) is 0 Å². The number of aliphatic hydroxyl groups excluding tert-OH is 1. The summed E-state index contributed by atoms with van der Waals surface area (Å²) < 4.78 is 12.6. The smallest absolute Gasteiger partial charge is 0.127 e. The van der Waals surface area contributed by atoms with E-state index in [1.54, 1.807) is 0 Å². The van der Waals surface area contributed by atoms with Crippen LogP contribution in [0.5, 0.6) is 11.5 Å². The minimum atomic E-state index is -0.489. The molecule has 2 aliphatic rings. The number of hydrogen-bond donors (Lipinski definition) is 1. The highest BCUT2D eigenvalue weighted by Crippen LogP contribution is 2.42. The van der Waals surface area contributed by atoms with E-state index in [9.17, 15) is 5.11 Å². The van der Waals surface area contributed by atoms with Gasteiger partial charge >= 0.3 is 0 Å². The van der Waals surface area contributed by atoms with Gasteiger partial charge in [0, 0.05) is 22.9 Å². The second kappa shape index (κ2) is 5.04. The van der Waals surface area contributed by atoms with Gasteiger partial charge in [0.15, 0.2) is 0 Å². The van der Waals surface area contributed by atoms with E-state index < -0.39 is 6.10 Å². The zero-order valence-electron chi connectivity index (χ0n) is 11.4. The third-order valence-electron chi connectivity index (χ3n) is 4.13. The average Bonchev–Trinajstić information content (AvgIpc) is 2.94. The molecule has 1 N–H and O–H groups in total. The van der Waals surface area contributed by atoms with Crippen LogP contribution in [0.3, 0.4) is 0 Å². The van der Waals surface area contributed by atoms with Crippen molar-refractivity contribution in [2.45, 2.75) is 25.0 Å². The van der Waals surface area contributed by atoms with Gasteiger partial charge in [-0.2, -0.15) is 0 Å². The molecule has 0 aliphatic carbocycles. The third-order valence-corrected chi connectivity index (χ3v) is 4.62. The van der Waals surface area contributed by atoms with Gasteiger partial charge in [-0.3, -0.25) is 0 Å². The second-order valence-corrected chi connectivity index (χ2v) is 6.42. The molecule has 0 spiro atoms. The molecule has 1 unspecified atom stereocenters. The van der Waals surface area contributed by atoms with E-state index in [0.717, 1.165) is 40.1 Å². The number of rotatable bonds is 1. The van der Waals surface area contributed by atoms with Crippen molar-refractivity contribution in [3.63, 3.8) is 0 Å². The summed E-state index contributed by atoms with van der Waals surface area (Å²) in [6.45, 7) is 0.753. The van der Waals surface area contributed by atoms with Crippen molar-refractivity contribution in [3.8, 4) is 11.5 Å². The SMILES string of the molecule is O[C@@H]1CC(c2ccc3c(c2)CCO3)Oc2cc(Br)ccc21. The summed E-state index contributed by atoms with van der Waals surface area (Å²) >= 11 is 3.45. The number of benzene rings is 2. The maximum Gasteiger partial charge on any atom is 0.127 e. The molecule has 3 nitrogen and oxygen atoms in total. The number of fused-ring (bicyclic) bond motifs is 2. The van der Waals surface area contributed by atoms with Gasteiger partial charge in [0.25, 0.3) is 0 Å². The van der Waals surface area contributed by atoms with E-state index >= 15 is 0 Å². The Kier molecular flexibility index (Phi) is 3.16. The summed E-state index contributed by atoms with van der Waals surface area (Å²) in [5, 5.41) is 10.4. The highest BCUT2D eigenvalue weighted by atomic mass is 79.9. The quantitative estimate of drug-likeness (QED) is 0.849. The predicted octanol–water partition coefficient (Wildman–Crippen LogP) is 3.94. The van der Waals surface area contributed by atoms with E-state index in [4.69, 9.17) is 9.47 Å². The van der Waals surface area contributed by atoms with E-state index in [-0.39, 0.29) is 6.10 Å². The normalized spacial score (nSPS) is 23.0. The number of aliphatic hydroxyl groups is 1. The number of ether oxygens (including phenoxy) is 2. The first kappa shape index (κ1) is 13.2.